The number of aromatic nitrogens is 3. The van der Waals surface area contributed by atoms with E-state index < -0.39 is 0 Å². The van der Waals surface area contributed by atoms with E-state index >= 15 is 0 Å². The molecule has 2 aliphatic heterocycles. The van der Waals surface area contributed by atoms with Gasteiger partial charge in [0.25, 0.3) is 5.89 Å². The third kappa shape index (κ3) is 0.586. The van der Waals surface area contributed by atoms with Crippen LogP contribution in [0.1, 0.15) is 5.69 Å². The van der Waals surface area contributed by atoms with E-state index in [0.717, 1.165) is 11.3 Å². The lowest BCUT2D eigenvalue weighted by Crippen LogP contribution is -1.89. The number of aryl methyl sites for hydroxylation is 1. The molecule has 0 unspecified atom stereocenters. The minimum absolute atomic E-state index is 0.549. The normalized spacial score (nSPS) is 10.5. The van der Waals surface area contributed by atoms with Gasteiger partial charge < -0.3 is 4.52 Å². The SMILES string of the molecule is Cc1nnoc2nccc1-2. The van der Waals surface area contributed by atoms with Crippen molar-refractivity contribution < 1.29 is 4.52 Å². The van der Waals surface area contributed by atoms with E-state index in [1.165, 1.54) is 0 Å². The van der Waals surface area contributed by atoms with Gasteiger partial charge >= 0.3 is 0 Å². The zero-order chi connectivity index (χ0) is 6.97. The molecule has 0 aromatic carbocycles. The minimum Gasteiger partial charge on any atom is -0.318 e. The highest BCUT2D eigenvalue weighted by molar-refractivity contribution is 5.56. The van der Waals surface area contributed by atoms with Crippen molar-refractivity contribution in [1.82, 2.24) is 15.4 Å². The van der Waals surface area contributed by atoms with Gasteiger partial charge in [0.2, 0.25) is 0 Å². The number of hydrogen-bond acceptors (Lipinski definition) is 4. The van der Waals surface area contributed by atoms with E-state index in [-0.39, 0.29) is 0 Å². The molecule has 0 aromatic heterocycles. The maximum absolute atomic E-state index is 4.76. The highest BCUT2D eigenvalue weighted by atomic mass is 16.5. The van der Waals surface area contributed by atoms with Crippen LogP contribution in [0.2, 0.25) is 0 Å². The van der Waals surface area contributed by atoms with Gasteiger partial charge in [0.15, 0.2) is 0 Å². The first-order chi connectivity index (χ1) is 4.88. The Morgan fingerprint density at radius 2 is 2.40 bits per heavy atom. The van der Waals surface area contributed by atoms with Gasteiger partial charge in [0.1, 0.15) is 0 Å². The Balaban J connectivity index is 2.80. The van der Waals surface area contributed by atoms with Gasteiger partial charge in [0, 0.05) is 11.5 Å². The van der Waals surface area contributed by atoms with Crippen LogP contribution in [0.15, 0.2) is 16.8 Å². The molecule has 2 heterocycles. The summed E-state index contributed by atoms with van der Waals surface area (Å²) in [6.07, 6.45) is 1.67. The highest BCUT2D eigenvalue weighted by Crippen LogP contribution is 2.19. The lowest BCUT2D eigenvalue weighted by molar-refractivity contribution is 0.360. The maximum Gasteiger partial charge on any atom is 0.259 e. The van der Waals surface area contributed by atoms with Crippen LogP contribution in [0.3, 0.4) is 0 Å². The van der Waals surface area contributed by atoms with Crippen LogP contribution in [0.4, 0.5) is 0 Å². The zero-order valence-corrected chi connectivity index (χ0v) is 5.40. The predicted octanol–water partition coefficient (Wildman–Crippen LogP) is 0.878. The topological polar surface area (TPSA) is 51.8 Å². The van der Waals surface area contributed by atoms with Gasteiger partial charge in [-0.25, -0.2) is 4.98 Å². The van der Waals surface area contributed by atoms with Gasteiger partial charge in [-0.15, -0.1) is 5.10 Å². The Morgan fingerprint density at radius 3 is 3.20 bits per heavy atom. The van der Waals surface area contributed by atoms with Crippen molar-refractivity contribution in [2.24, 2.45) is 0 Å². The molecular formula is C6H5N3O. The summed E-state index contributed by atoms with van der Waals surface area (Å²) in [5, 5.41) is 7.12. The highest BCUT2D eigenvalue weighted by Gasteiger charge is 2.09. The molecule has 0 spiro atoms. The molecular weight excluding hydrogens is 130 g/mol. The van der Waals surface area contributed by atoms with Gasteiger partial charge in [-0.1, -0.05) is 0 Å². The van der Waals surface area contributed by atoms with Crippen LogP contribution in [0, 0.1) is 6.92 Å². The third-order valence-corrected chi connectivity index (χ3v) is 1.37. The van der Waals surface area contributed by atoms with Crippen molar-refractivity contribution in [3.05, 3.63) is 18.0 Å². The molecule has 0 radical (unpaired) electrons. The van der Waals surface area contributed by atoms with Crippen molar-refractivity contribution in [3.63, 3.8) is 0 Å². The second-order valence-corrected chi connectivity index (χ2v) is 2.02. The quantitative estimate of drug-likeness (QED) is 0.538. The second-order valence-electron chi connectivity index (χ2n) is 2.02. The van der Waals surface area contributed by atoms with Crippen molar-refractivity contribution in [3.8, 4) is 11.5 Å². The van der Waals surface area contributed by atoms with Crippen LogP contribution >= 0.6 is 0 Å². The maximum atomic E-state index is 4.76. The van der Waals surface area contributed by atoms with Crippen molar-refractivity contribution >= 4 is 0 Å². The number of nitrogens with zero attached hydrogens (tertiary/aromatic N) is 3. The second kappa shape index (κ2) is 1.76. The fourth-order valence-corrected chi connectivity index (χ4v) is 0.843. The van der Waals surface area contributed by atoms with Crippen LogP contribution in [0.25, 0.3) is 11.5 Å². The van der Waals surface area contributed by atoms with Crippen LogP contribution in [-0.2, 0) is 0 Å². The summed E-state index contributed by atoms with van der Waals surface area (Å²) in [5.41, 5.74) is 1.77. The van der Waals surface area contributed by atoms with Crippen molar-refractivity contribution in [1.29, 1.82) is 0 Å². The molecule has 0 saturated carbocycles. The third-order valence-electron chi connectivity index (χ3n) is 1.37. The molecule has 2 aliphatic rings. The summed E-state index contributed by atoms with van der Waals surface area (Å²) in [7, 11) is 0. The number of fused-ring (bicyclic) bond motifs is 1. The molecule has 0 amide bonds. The Labute approximate surface area is 57.2 Å². The van der Waals surface area contributed by atoms with Gasteiger partial charge in [-0.2, -0.15) is 0 Å². The van der Waals surface area contributed by atoms with E-state index in [1.807, 2.05) is 13.0 Å². The first-order valence-corrected chi connectivity index (χ1v) is 2.91. The first-order valence-electron chi connectivity index (χ1n) is 2.91. The van der Waals surface area contributed by atoms with Crippen LogP contribution in [0.5, 0.6) is 0 Å². The van der Waals surface area contributed by atoms with Crippen LogP contribution < -0.4 is 0 Å². The fraction of sp³-hybridized carbons (Fsp3) is 0.167. The lowest BCUT2D eigenvalue weighted by atomic mass is 10.2. The Bertz CT molecular complexity index is 317. The van der Waals surface area contributed by atoms with Gasteiger partial charge in [0.05, 0.1) is 11.3 Å². The Hall–Kier alpha value is -1.45. The van der Waals surface area contributed by atoms with Crippen LogP contribution in [-0.4, -0.2) is 15.4 Å². The standard InChI is InChI=1S/C6H5N3O/c1-4-5-2-3-7-6(5)10-9-8-4/h2-3H,1H3. The summed E-state index contributed by atoms with van der Waals surface area (Å²) < 4.78 is 4.76. The lowest BCUT2D eigenvalue weighted by Gasteiger charge is -1.93. The molecule has 0 atom stereocenters. The summed E-state index contributed by atoms with van der Waals surface area (Å²) in [4.78, 5) is 3.91. The first kappa shape index (κ1) is 5.34. The Morgan fingerprint density at radius 1 is 1.50 bits per heavy atom. The fourth-order valence-electron chi connectivity index (χ4n) is 0.843. The smallest absolute Gasteiger partial charge is 0.259 e. The van der Waals surface area contributed by atoms with E-state index in [9.17, 15) is 0 Å². The van der Waals surface area contributed by atoms with E-state index in [2.05, 4.69) is 15.4 Å². The molecule has 2 rings (SSSR count). The summed E-state index contributed by atoms with van der Waals surface area (Å²) in [5.74, 6) is 0.549. The molecule has 4 nitrogen and oxygen atoms in total. The molecule has 0 aromatic rings. The average Bonchev–Trinajstić information content (AvgIpc) is 2.36. The molecule has 4 heteroatoms. The van der Waals surface area contributed by atoms with E-state index in [4.69, 9.17) is 4.52 Å². The minimum atomic E-state index is 0.549. The predicted molar refractivity (Wildman–Crippen MR) is 33.5 cm³/mol. The van der Waals surface area contributed by atoms with E-state index in [1.54, 1.807) is 6.20 Å². The van der Waals surface area contributed by atoms with E-state index in [0.29, 0.717) is 5.89 Å². The summed E-state index contributed by atoms with van der Waals surface area (Å²) in [6.45, 7) is 1.87. The molecule has 0 aliphatic carbocycles. The largest absolute Gasteiger partial charge is 0.318 e. The van der Waals surface area contributed by atoms with Crippen molar-refractivity contribution in [2.45, 2.75) is 6.92 Å². The Kier molecular flexibility index (Phi) is 0.943. The molecule has 50 valence electrons. The summed E-state index contributed by atoms with van der Waals surface area (Å²) >= 11 is 0. The number of hydrogen-bond donors (Lipinski definition) is 0. The molecule has 0 fully saturated rings. The zero-order valence-electron chi connectivity index (χ0n) is 5.40. The molecule has 10 heavy (non-hydrogen) atoms. The molecule has 0 saturated heterocycles. The average molecular weight is 135 g/mol. The van der Waals surface area contributed by atoms with Gasteiger partial charge in [-0.05, 0) is 13.0 Å². The molecule has 0 N–H and O–H groups in total. The monoisotopic (exact) mass is 135 g/mol. The van der Waals surface area contributed by atoms with Gasteiger partial charge in [-0.3, -0.25) is 0 Å². The number of rotatable bonds is 0. The summed E-state index contributed by atoms with van der Waals surface area (Å²) in [6, 6.07) is 1.85. The van der Waals surface area contributed by atoms with Crippen molar-refractivity contribution in [2.75, 3.05) is 0 Å². The molecule has 0 bridgehead atoms.